The number of carbonyl (C=O) groups is 2. The van der Waals surface area contributed by atoms with E-state index in [-0.39, 0.29) is 0 Å². The second-order valence-corrected chi connectivity index (χ2v) is 7.54. The standard InChI is InChI=1S/C18H24N2O4/c1-17(2,3)23-15(21)19-13-11-20(16(22)24-18(4,5)6)14-10-8-7-9-12(13)14/h7-11H,1-6H3,(H,19,21). The molecule has 1 heterocycles. The van der Waals surface area contributed by atoms with Crippen molar-refractivity contribution in [3.63, 3.8) is 0 Å². The Morgan fingerprint density at radius 2 is 1.54 bits per heavy atom. The maximum absolute atomic E-state index is 12.4. The van der Waals surface area contributed by atoms with Crippen molar-refractivity contribution >= 4 is 28.8 Å². The minimum Gasteiger partial charge on any atom is -0.444 e. The molecule has 0 atom stereocenters. The highest BCUT2D eigenvalue weighted by Crippen LogP contribution is 2.27. The van der Waals surface area contributed by atoms with Crippen LogP contribution in [0.5, 0.6) is 0 Å². The number of aromatic nitrogens is 1. The number of fused-ring (bicyclic) bond motifs is 1. The molecule has 0 saturated heterocycles. The minimum absolute atomic E-state index is 0.491. The molecule has 1 aromatic heterocycles. The van der Waals surface area contributed by atoms with Crippen LogP contribution >= 0.6 is 0 Å². The quantitative estimate of drug-likeness (QED) is 0.816. The summed E-state index contributed by atoms with van der Waals surface area (Å²) in [4.78, 5) is 24.4. The smallest absolute Gasteiger partial charge is 0.419 e. The molecule has 6 heteroatoms. The lowest BCUT2D eigenvalue weighted by Crippen LogP contribution is -2.27. The molecule has 6 nitrogen and oxygen atoms in total. The SMILES string of the molecule is CC(C)(C)OC(=O)Nc1cn(C(=O)OC(C)(C)C)c2ccccc12. The summed E-state index contributed by atoms with van der Waals surface area (Å²) in [7, 11) is 0. The summed E-state index contributed by atoms with van der Waals surface area (Å²) < 4.78 is 12.1. The molecule has 0 aliphatic carbocycles. The van der Waals surface area contributed by atoms with Gasteiger partial charge in [-0.05, 0) is 47.6 Å². The van der Waals surface area contributed by atoms with Gasteiger partial charge in [0.1, 0.15) is 11.2 Å². The number of anilines is 1. The second kappa shape index (κ2) is 6.19. The summed E-state index contributed by atoms with van der Waals surface area (Å²) in [6, 6.07) is 7.27. The van der Waals surface area contributed by atoms with Gasteiger partial charge in [-0.15, -0.1) is 0 Å². The molecule has 130 valence electrons. The van der Waals surface area contributed by atoms with Crippen LogP contribution < -0.4 is 5.32 Å². The van der Waals surface area contributed by atoms with Gasteiger partial charge in [0.05, 0.1) is 11.2 Å². The Kier molecular flexibility index (Phi) is 4.60. The number of para-hydroxylation sites is 1. The molecule has 0 spiro atoms. The van der Waals surface area contributed by atoms with Crippen molar-refractivity contribution < 1.29 is 19.1 Å². The van der Waals surface area contributed by atoms with Crippen molar-refractivity contribution in [1.82, 2.24) is 4.57 Å². The lowest BCUT2D eigenvalue weighted by molar-refractivity contribution is 0.0542. The van der Waals surface area contributed by atoms with Crippen molar-refractivity contribution in [2.24, 2.45) is 0 Å². The van der Waals surface area contributed by atoms with Gasteiger partial charge in [0.2, 0.25) is 0 Å². The van der Waals surface area contributed by atoms with Crippen LogP contribution in [0.25, 0.3) is 10.9 Å². The molecule has 2 rings (SSSR count). The molecule has 0 radical (unpaired) electrons. The average Bonchev–Trinajstić information content (AvgIpc) is 2.74. The second-order valence-electron chi connectivity index (χ2n) is 7.54. The molecule has 2 aromatic rings. The van der Waals surface area contributed by atoms with Gasteiger partial charge in [-0.2, -0.15) is 0 Å². The fourth-order valence-corrected chi connectivity index (χ4v) is 2.15. The lowest BCUT2D eigenvalue weighted by atomic mass is 10.2. The first kappa shape index (κ1) is 17.8. The first-order valence-corrected chi connectivity index (χ1v) is 7.80. The van der Waals surface area contributed by atoms with Gasteiger partial charge in [-0.25, -0.2) is 9.59 Å². The van der Waals surface area contributed by atoms with Crippen LogP contribution in [-0.2, 0) is 9.47 Å². The highest BCUT2D eigenvalue weighted by Gasteiger charge is 2.22. The van der Waals surface area contributed by atoms with Gasteiger partial charge in [0, 0.05) is 11.6 Å². The molecule has 0 aliphatic rings. The zero-order valence-electron chi connectivity index (χ0n) is 15.0. The number of benzene rings is 1. The summed E-state index contributed by atoms with van der Waals surface area (Å²) in [5, 5.41) is 3.42. The highest BCUT2D eigenvalue weighted by molar-refractivity contribution is 6.03. The van der Waals surface area contributed by atoms with E-state index in [9.17, 15) is 9.59 Å². The molecule has 24 heavy (non-hydrogen) atoms. The molecule has 0 saturated carbocycles. The van der Waals surface area contributed by atoms with E-state index in [0.717, 1.165) is 5.39 Å². The Hall–Kier alpha value is -2.50. The van der Waals surface area contributed by atoms with E-state index < -0.39 is 23.4 Å². The van der Waals surface area contributed by atoms with Gasteiger partial charge in [-0.3, -0.25) is 9.88 Å². The number of hydrogen-bond acceptors (Lipinski definition) is 4. The number of rotatable bonds is 1. The van der Waals surface area contributed by atoms with Crippen molar-refractivity contribution in [1.29, 1.82) is 0 Å². The molecule has 1 N–H and O–H groups in total. The van der Waals surface area contributed by atoms with Crippen LogP contribution in [0.1, 0.15) is 41.5 Å². The maximum Gasteiger partial charge on any atom is 0.419 e. The predicted molar refractivity (Wildman–Crippen MR) is 93.4 cm³/mol. The van der Waals surface area contributed by atoms with Crippen LogP contribution in [0.4, 0.5) is 15.3 Å². The third-order valence-corrected chi connectivity index (χ3v) is 2.94. The Morgan fingerprint density at radius 1 is 0.958 bits per heavy atom. The van der Waals surface area contributed by atoms with E-state index >= 15 is 0 Å². The molecule has 0 fully saturated rings. The summed E-state index contributed by atoms with van der Waals surface area (Å²) in [5.74, 6) is 0. The first-order valence-electron chi connectivity index (χ1n) is 7.80. The third-order valence-electron chi connectivity index (χ3n) is 2.94. The van der Waals surface area contributed by atoms with E-state index in [1.54, 1.807) is 53.8 Å². The largest absolute Gasteiger partial charge is 0.444 e. The fourth-order valence-electron chi connectivity index (χ4n) is 2.15. The van der Waals surface area contributed by atoms with Gasteiger partial charge in [-0.1, -0.05) is 18.2 Å². The maximum atomic E-state index is 12.4. The number of amides is 1. The molecule has 0 bridgehead atoms. The summed E-state index contributed by atoms with van der Waals surface area (Å²) in [5.41, 5.74) is -0.0713. The van der Waals surface area contributed by atoms with E-state index in [2.05, 4.69) is 5.32 Å². The van der Waals surface area contributed by atoms with Gasteiger partial charge in [0.25, 0.3) is 0 Å². The fraction of sp³-hybridized carbons (Fsp3) is 0.444. The van der Waals surface area contributed by atoms with Crippen LogP contribution in [-0.4, -0.2) is 28.0 Å². The van der Waals surface area contributed by atoms with Crippen LogP contribution in [0.15, 0.2) is 30.5 Å². The molecule has 0 unspecified atom stereocenters. The third kappa shape index (κ3) is 4.50. The topological polar surface area (TPSA) is 69.6 Å². The Bertz CT molecular complexity index is 763. The highest BCUT2D eigenvalue weighted by atomic mass is 16.6. The number of nitrogens with one attached hydrogen (secondary N) is 1. The van der Waals surface area contributed by atoms with Crippen molar-refractivity contribution in [2.75, 3.05) is 5.32 Å². The summed E-state index contributed by atoms with van der Waals surface area (Å²) in [6.07, 6.45) is 0.466. The Balaban J connectivity index is 2.35. The Labute approximate surface area is 141 Å². The average molecular weight is 332 g/mol. The van der Waals surface area contributed by atoms with Crippen LogP contribution in [0.3, 0.4) is 0 Å². The summed E-state index contributed by atoms with van der Waals surface area (Å²) >= 11 is 0. The van der Waals surface area contributed by atoms with Crippen LogP contribution in [0, 0.1) is 0 Å². The zero-order chi connectivity index (χ0) is 18.1. The molecular weight excluding hydrogens is 308 g/mol. The number of nitrogens with zero attached hydrogens (tertiary/aromatic N) is 1. The monoisotopic (exact) mass is 332 g/mol. The number of carbonyl (C=O) groups excluding carboxylic acids is 2. The number of ether oxygens (including phenoxy) is 2. The number of hydrogen-bond donors (Lipinski definition) is 1. The van der Waals surface area contributed by atoms with Gasteiger partial charge < -0.3 is 9.47 Å². The molecule has 1 aromatic carbocycles. The van der Waals surface area contributed by atoms with Gasteiger partial charge in [0.15, 0.2) is 0 Å². The van der Waals surface area contributed by atoms with Crippen molar-refractivity contribution in [2.45, 2.75) is 52.7 Å². The van der Waals surface area contributed by atoms with E-state index in [1.165, 1.54) is 4.57 Å². The molecular formula is C18H24N2O4. The van der Waals surface area contributed by atoms with Crippen molar-refractivity contribution in [3.8, 4) is 0 Å². The Morgan fingerprint density at radius 3 is 2.12 bits per heavy atom. The normalized spacial score (nSPS) is 12.1. The van der Waals surface area contributed by atoms with Crippen LogP contribution in [0.2, 0.25) is 0 Å². The lowest BCUT2D eigenvalue weighted by Gasteiger charge is -2.20. The summed E-state index contributed by atoms with van der Waals surface area (Å²) in [6.45, 7) is 10.8. The predicted octanol–water partition coefficient (Wildman–Crippen LogP) is 4.77. The van der Waals surface area contributed by atoms with E-state index in [4.69, 9.17) is 9.47 Å². The van der Waals surface area contributed by atoms with E-state index in [1.807, 2.05) is 18.2 Å². The van der Waals surface area contributed by atoms with E-state index in [0.29, 0.717) is 11.2 Å². The van der Waals surface area contributed by atoms with Gasteiger partial charge >= 0.3 is 12.2 Å². The van der Waals surface area contributed by atoms with Crippen molar-refractivity contribution in [3.05, 3.63) is 30.5 Å². The minimum atomic E-state index is -0.610. The molecule has 1 amide bonds. The first-order chi connectivity index (χ1) is 11.0. The zero-order valence-corrected chi connectivity index (χ0v) is 15.0. The molecule has 0 aliphatic heterocycles.